The number of nitrogens with zero attached hydrogens (tertiary/aromatic N) is 3. The van der Waals surface area contributed by atoms with Crippen molar-refractivity contribution in [3.8, 4) is 0 Å². The minimum atomic E-state index is -0.885. The minimum Gasteiger partial charge on any atom is -0.399 e. The number of rotatable bonds is 7. The summed E-state index contributed by atoms with van der Waals surface area (Å²) in [6.07, 6.45) is 2.24. The lowest BCUT2D eigenvalue weighted by Gasteiger charge is -2.29. The molecule has 2 aromatic carbocycles. The van der Waals surface area contributed by atoms with E-state index >= 15 is 0 Å². The van der Waals surface area contributed by atoms with E-state index in [2.05, 4.69) is 27.0 Å². The molecule has 0 spiro atoms. The first-order valence-electron chi connectivity index (χ1n) is 9.40. The van der Waals surface area contributed by atoms with Crippen molar-refractivity contribution in [1.29, 1.82) is 0 Å². The topological polar surface area (TPSA) is 65.4 Å². The maximum absolute atomic E-state index is 12.7. The quantitative estimate of drug-likeness (QED) is 0.591. The lowest BCUT2D eigenvalue weighted by Crippen LogP contribution is -2.45. The van der Waals surface area contributed by atoms with Crippen LogP contribution in [-0.4, -0.2) is 66.4 Å². The summed E-state index contributed by atoms with van der Waals surface area (Å²) in [5.74, 6) is -0.106. The van der Waals surface area contributed by atoms with Gasteiger partial charge in [-0.2, -0.15) is 0 Å². The number of likely N-dealkylation sites (tertiary alicyclic amines) is 1. The lowest BCUT2D eigenvalue weighted by molar-refractivity contribution is 0.0170. The molecule has 148 valence electrons. The van der Waals surface area contributed by atoms with Crippen LogP contribution in [0.25, 0.3) is 0 Å². The predicted octanol–water partition coefficient (Wildman–Crippen LogP) is 2.38. The maximum atomic E-state index is 12.7. The van der Waals surface area contributed by atoms with E-state index in [4.69, 9.17) is 0 Å². The second-order valence-corrected chi connectivity index (χ2v) is 7.37. The number of carbonyl (C=O) groups excluding carboxylic acids is 1. The van der Waals surface area contributed by atoms with Crippen LogP contribution in [-0.2, 0) is 11.4 Å². The van der Waals surface area contributed by atoms with Crippen LogP contribution in [0.15, 0.2) is 59.8 Å². The highest BCUT2D eigenvalue weighted by molar-refractivity contribution is 5.95. The van der Waals surface area contributed by atoms with Crippen molar-refractivity contribution in [2.75, 3.05) is 33.8 Å². The van der Waals surface area contributed by atoms with Crippen LogP contribution in [0.3, 0.4) is 0 Å². The SMILES string of the molecule is CO/N=C/c1ccc(C(=O)N(C)CC2(O)CCN(Cc3ccccc3)C2)cc1. The highest BCUT2D eigenvalue weighted by Gasteiger charge is 2.37. The van der Waals surface area contributed by atoms with Crippen molar-refractivity contribution in [2.45, 2.75) is 18.6 Å². The van der Waals surface area contributed by atoms with Gasteiger partial charge in [0.05, 0.1) is 18.4 Å². The lowest BCUT2D eigenvalue weighted by atomic mass is 10.0. The van der Waals surface area contributed by atoms with E-state index in [1.54, 1.807) is 30.3 Å². The Morgan fingerprint density at radius 1 is 1.25 bits per heavy atom. The van der Waals surface area contributed by atoms with Gasteiger partial charge >= 0.3 is 0 Å². The molecule has 1 aliphatic rings. The predicted molar refractivity (Wildman–Crippen MR) is 109 cm³/mol. The van der Waals surface area contributed by atoms with Crippen molar-refractivity contribution in [3.05, 3.63) is 71.3 Å². The Kier molecular flexibility index (Phi) is 6.44. The summed E-state index contributed by atoms with van der Waals surface area (Å²) in [5, 5.41) is 14.7. The molecule has 0 aliphatic carbocycles. The minimum absolute atomic E-state index is 0.106. The molecule has 1 N–H and O–H groups in total. The number of aliphatic hydroxyl groups is 1. The van der Waals surface area contributed by atoms with E-state index in [9.17, 15) is 9.90 Å². The highest BCUT2D eigenvalue weighted by atomic mass is 16.6. The third kappa shape index (κ3) is 5.18. The number of hydrogen-bond donors (Lipinski definition) is 1. The van der Waals surface area contributed by atoms with Gasteiger partial charge in [0.1, 0.15) is 7.11 Å². The van der Waals surface area contributed by atoms with Gasteiger partial charge in [-0.3, -0.25) is 9.69 Å². The maximum Gasteiger partial charge on any atom is 0.253 e. The first-order chi connectivity index (χ1) is 13.5. The summed E-state index contributed by atoms with van der Waals surface area (Å²) in [7, 11) is 3.22. The zero-order valence-electron chi connectivity index (χ0n) is 16.4. The average Bonchev–Trinajstić information content (AvgIpc) is 3.07. The average molecular weight is 381 g/mol. The van der Waals surface area contributed by atoms with Crippen LogP contribution in [0.4, 0.5) is 0 Å². The van der Waals surface area contributed by atoms with Gasteiger partial charge in [-0.25, -0.2) is 0 Å². The number of amides is 1. The Labute approximate surface area is 166 Å². The third-order valence-corrected chi connectivity index (χ3v) is 5.00. The molecular formula is C22H27N3O3. The first-order valence-corrected chi connectivity index (χ1v) is 9.40. The summed E-state index contributed by atoms with van der Waals surface area (Å²) in [6.45, 7) is 2.50. The molecule has 1 saturated heterocycles. The molecule has 0 radical (unpaired) electrons. The standard InChI is InChI=1S/C22H27N3O3/c1-24(21(26)20-10-8-18(9-11-20)14-23-28-2)16-22(27)12-13-25(17-22)15-19-6-4-3-5-7-19/h3-11,14,27H,12-13,15-17H2,1-2H3/b23-14+. The second-order valence-electron chi connectivity index (χ2n) is 7.37. The van der Waals surface area contributed by atoms with Gasteiger partial charge in [-0.15, -0.1) is 0 Å². The molecule has 1 atom stereocenters. The van der Waals surface area contributed by atoms with E-state index in [1.807, 2.05) is 30.3 Å². The number of likely N-dealkylation sites (N-methyl/N-ethyl adjacent to an activating group) is 1. The van der Waals surface area contributed by atoms with Crippen LogP contribution >= 0.6 is 0 Å². The van der Waals surface area contributed by atoms with Crippen molar-refractivity contribution < 1.29 is 14.7 Å². The molecule has 0 saturated carbocycles. The van der Waals surface area contributed by atoms with Gasteiger partial charge in [0.2, 0.25) is 0 Å². The second kappa shape index (κ2) is 8.99. The van der Waals surface area contributed by atoms with Crippen molar-refractivity contribution in [1.82, 2.24) is 9.80 Å². The molecular weight excluding hydrogens is 354 g/mol. The van der Waals surface area contributed by atoms with Crippen LogP contribution in [0.1, 0.15) is 27.9 Å². The highest BCUT2D eigenvalue weighted by Crippen LogP contribution is 2.24. The monoisotopic (exact) mass is 381 g/mol. The molecule has 0 bridgehead atoms. The van der Waals surface area contributed by atoms with Gasteiger partial charge in [-0.05, 0) is 29.7 Å². The van der Waals surface area contributed by atoms with Gasteiger partial charge < -0.3 is 14.8 Å². The van der Waals surface area contributed by atoms with Crippen LogP contribution in [0.5, 0.6) is 0 Å². The fourth-order valence-corrected chi connectivity index (χ4v) is 3.61. The number of oxime groups is 1. The van der Waals surface area contributed by atoms with Crippen molar-refractivity contribution in [2.24, 2.45) is 5.16 Å². The Hall–Kier alpha value is -2.70. The Morgan fingerprint density at radius 3 is 2.64 bits per heavy atom. The summed E-state index contributed by atoms with van der Waals surface area (Å²) in [4.78, 5) is 21.2. The van der Waals surface area contributed by atoms with Crippen molar-refractivity contribution >= 4 is 12.1 Å². The molecule has 3 rings (SSSR count). The molecule has 1 fully saturated rings. The van der Waals surface area contributed by atoms with Gasteiger partial charge in [0, 0.05) is 32.2 Å². The fraction of sp³-hybridized carbons (Fsp3) is 0.364. The summed E-state index contributed by atoms with van der Waals surface area (Å²) in [5.41, 5.74) is 1.78. The van der Waals surface area contributed by atoms with Gasteiger partial charge in [0.25, 0.3) is 5.91 Å². The summed E-state index contributed by atoms with van der Waals surface area (Å²) in [6, 6.07) is 17.4. The smallest absolute Gasteiger partial charge is 0.253 e. The number of hydrogen-bond acceptors (Lipinski definition) is 5. The van der Waals surface area contributed by atoms with E-state index in [0.717, 1.165) is 18.7 Å². The molecule has 28 heavy (non-hydrogen) atoms. The Morgan fingerprint density at radius 2 is 1.96 bits per heavy atom. The zero-order valence-corrected chi connectivity index (χ0v) is 16.4. The van der Waals surface area contributed by atoms with E-state index in [1.165, 1.54) is 12.7 Å². The number of benzene rings is 2. The molecule has 2 aromatic rings. The fourth-order valence-electron chi connectivity index (χ4n) is 3.61. The molecule has 1 aliphatic heterocycles. The molecule has 0 aromatic heterocycles. The van der Waals surface area contributed by atoms with Gasteiger partial charge in [0.15, 0.2) is 0 Å². The Bertz CT molecular complexity index is 808. The number of β-amino-alcohol motifs (C(OH)–C–C–N with tert-alkyl or cyclic N) is 1. The molecule has 6 heteroatoms. The van der Waals surface area contributed by atoms with E-state index < -0.39 is 5.60 Å². The largest absolute Gasteiger partial charge is 0.399 e. The van der Waals surface area contributed by atoms with E-state index in [0.29, 0.717) is 25.1 Å². The zero-order chi connectivity index (χ0) is 20.0. The summed E-state index contributed by atoms with van der Waals surface area (Å²) >= 11 is 0. The van der Waals surface area contributed by atoms with Crippen LogP contribution in [0, 0.1) is 0 Å². The third-order valence-electron chi connectivity index (χ3n) is 5.00. The normalized spacial score (nSPS) is 19.8. The van der Waals surface area contributed by atoms with Gasteiger partial charge in [-0.1, -0.05) is 47.6 Å². The van der Waals surface area contributed by atoms with Crippen LogP contribution < -0.4 is 0 Å². The molecule has 1 amide bonds. The molecule has 1 unspecified atom stereocenters. The molecule has 6 nitrogen and oxygen atoms in total. The number of carbonyl (C=O) groups is 1. The van der Waals surface area contributed by atoms with E-state index in [-0.39, 0.29) is 5.91 Å². The molecule has 1 heterocycles. The first kappa shape index (κ1) is 20.0. The summed E-state index contributed by atoms with van der Waals surface area (Å²) < 4.78 is 0. The van der Waals surface area contributed by atoms with Crippen LogP contribution in [0.2, 0.25) is 0 Å². The van der Waals surface area contributed by atoms with Crippen molar-refractivity contribution in [3.63, 3.8) is 0 Å². The Balaban J connectivity index is 1.56.